The van der Waals surface area contributed by atoms with E-state index in [-0.39, 0.29) is 6.61 Å². The second kappa shape index (κ2) is 7.27. The molecule has 1 saturated carbocycles. The summed E-state index contributed by atoms with van der Waals surface area (Å²) in [6.45, 7) is 2.73. The summed E-state index contributed by atoms with van der Waals surface area (Å²) in [7, 11) is 1.73. The molecule has 1 unspecified atom stereocenters. The van der Waals surface area contributed by atoms with Crippen LogP contribution < -0.4 is 10.1 Å². The fourth-order valence-electron chi connectivity index (χ4n) is 2.19. The van der Waals surface area contributed by atoms with Gasteiger partial charge in [0.05, 0.1) is 6.10 Å². The number of benzene rings is 1. The molecule has 1 aliphatic rings. The highest BCUT2D eigenvalue weighted by Crippen LogP contribution is 2.23. The van der Waals surface area contributed by atoms with E-state index in [9.17, 15) is 5.11 Å². The topological polar surface area (TPSA) is 50.7 Å². The Labute approximate surface area is 125 Å². The van der Waals surface area contributed by atoms with Gasteiger partial charge in [0.2, 0.25) is 0 Å². The lowest BCUT2D eigenvalue weighted by Gasteiger charge is -2.35. The number of nitrogens with one attached hydrogen (secondary N) is 1. The van der Waals surface area contributed by atoms with E-state index in [0.29, 0.717) is 18.7 Å². The molecule has 0 bridgehead atoms. The smallest absolute Gasteiger partial charge is 0.119 e. The van der Waals surface area contributed by atoms with Gasteiger partial charge in [-0.15, -0.1) is 0 Å². The van der Waals surface area contributed by atoms with E-state index in [0.717, 1.165) is 29.2 Å². The standard InChI is InChI=1S/C15H22ClNO3/c1-10-5-13(3-4-15(10)16)20-9-12(18)8-17-11-6-14(7-11)19-2/h3-5,11-12,14,17-18H,6-9H2,1-2H3. The monoisotopic (exact) mass is 299 g/mol. The molecule has 1 fully saturated rings. The van der Waals surface area contributed by atoms with Crippen molar-refractivity contribution in [3.63, 3.8) is 0 Å². The van der Waals surface area contributed by atoms with E-state index in [4.69, 9.17) is 21.1 Å². The number of hydrogen-bond acceptors (Lipinski definition) is 4. The maximum Gasteiger partial charge on any atom is 0.119 e. The molecule has 0 saturated heterocycles. The molecule has 0 radical (unpaired) electrons. The maximum absolute atomic E-state index is 9.88. The van der Waals surface area contributed by atoms with Crippen LogP contribution in [0.15, 0.2) is 18.2 Å². The van der Waals surface area contributed by atoms with Crippen molar-refractivity contribution >= 4 is 11.6 Å². The molecule has 0 heterocycles. The van der Waals surface area contributed by atoms with Crippen molar-refractivity contribution < 1.29 is 14.6 Å². The molecule has 1 atom stereocenters. The lowest BCUT2D eigenvalue weighted by molar-refractivity contribution is 0.0117. The molecule has 20 heavy (non-hydrogen) atoms. The van der Waals surface area contributed by atoms with Crippen LogP contribution in [-0.4, -0.2) is 43.6 Å². The Morgan fingerprint density at radius 3 is 2.85 bits per heavy atom. The number of aryl methyl sites for hydroxylation is 1. The first-order chi connectivity index (χ1) is 9.58. The van der Waals surface area contributed by atoms with E-state index in [1.54, 1.807) is 13.2 Å². The molecular formula is C15H22ClNO3. The Hall–Kier alpha value is -0.810. The molecule has 2 N–H and O–H groups in total. The lowest BCUT2D eigenvalue weighted by atomic mass is 9.89. The van der Waals surface area contributed by atoms with Gasteiger partial charge < -0.3 is 19.9 Å². The summed E-state index contributed by atoms with van der Waals surface area (Å²) in [4.78, 5) is 0. The summed E-state index contributed by atoms with van der Waals surface area (Å²) in [5, 5.41) is 13.9. The fourth-order valence-corrected chi connectivity index (χ4v) is 2.30. The molecule has 1 aromatic carbocycles. The third-order valence-electron chi connectivity index (χ3n) is 3.64. The first-order valence-corrected chi connectivity index (χ1v) is 7.29. The average molecular weight is 300 g/mol. The highest BCUT2D eigenvalue weighted by atomic mass is 35.5. The number of halogens is 1. The minimum Gasteiger partial charge on any atom is -0.491 e. The van der Waals surface area contributed by atoms with Gasteiger partial charge in [0.25, 0.3) is 0 Å². The van der Waals surface area contributed by atoms with E-state index in [1.807, 2.05) is 19.1 Å². The summed E-state index contributed by atoms with van der Waals surface area (Å²) in [6, 6.07) is 5.94. The van der Waals surface area contributed by atoms with Crippen LogP contribution in [-0.2, 0) is 4.74 Å². The number of aliphatic hydroxyl groups is 1. The molecule has 1 aliphatic carbocycles. The molecule has 112 valence electrons. The number of ether oxygens (including phenoxy) is 2. The van der Waals surface area contributed by atoms with Gasteiger partial charge >= 0.3 is 0 Å². The minimum absolute atomic E-state index is 0.272. The van der Waals surface area contributed by atoms with Gasteiger partial charge in [-0.2, -0.15) is 0 Å². The molecular weight excluding hydrogens is 278 g/mol. The summed E-state index contributed by atoms with van der Waals surface area (Å²) >= 11 is 5.95. The second-order valence-electron chi connectivity index (χ2n) is 5.31. The van der Waals surface area contributed by atoms with Gasteiger partial charge in [0.1, 0.15) is 18.5 Å². The zero-order chi connectivity index (χ0) is 14.5. The van der Waals surface area contributed by atoms with Crippen LogP contribution in [0.25, 0.3) is 0 Å². The van der Waals surface area contributed by atoms with Crippen molar-refractivity contribution in [3.05, 3.63) is 28.8 Å². The van der Waals surface area contributed by atoms with Gasteiger partial charge in [0, 0.05) is 24.7 Å². The number of methoxy groups -OCH3 is 1. The summed E-state index contributed by atoms with van der Waals surface area (Å²) < 4.78 is 10.8. The zero-order valence-electron chi connectivity index (χ0n) is 11.9. The van der Waals surface area contributed by atoms with E-state index in [2.05, 4.69) is 5.32 Å². The van der Waals surface area contributed by atoms with Crippen LogP contribution in [0.2, 0.25) is 5.02 Å². The predicted molar refractivity (Wildman–Crippen MR) is 79.5 cm³/mol. The van der Waals surface area contributed by atoms with Crippen LogP contribution in [0.3, 0.4) is 0 Å². The van der Waals surface area contributed by atoms with Crippen molar-refractivity contribution in [1.29, 1.82) is 0 Å². The Bertz CT molecular complexity index is 435. The highest BCUT2D eigenvalue weighted by Gasteiger charge is 2.28. The molecule has 1 aromatic rings. The first kappa shape index (κ1) is 15.6. The fraction of sp³-hybridized carbons (Fsp3) is 0.600. The van der Waals surface area contributed by atoms with Gasteiger partial charge in [-0.3, -0.25) is 0 Å². The number of hydrogen-bond donors (Lipinski definition) is 2. The molecule has 5 heteroatoms. The van der Waals surface area contributed by atoms with Gasteiger partial charge in [-0.1, -0.05) is 11.6 Å². The molecule has 2 rings (SSSR count). The van der Waals surface area contributed by atoms with Crippen molar-refractivity contribution in [2.75, 3.05) is 20.3 Å². The number of rotatable bonds is 7. The molecule has 0 amide bonds. The normalized spacial score (nSPS) is 23.2. The third-order valence-corrected chi connectivity index (χ3v) is 4.07. The van der Waals surface area contributed by atoms with Crippen LogP contribution in [0, 0.1) is 6.92 Å². The molecule has 0 spiro atoms. The Balaban J connectivity index is 1.64. The quantitative estimate of drug-likeness (QED) is 0.810. The SMILES string of the molecule is COC1CC(NCC(O)COc2ccc(Cl)c(C)c2)C1. The molecule has 0 aliphatic heterocycles. The van der Waals surface area contributed by atoms with E-state index in [1.165, 1.54) is 0 Å². The largest absolute Gasteiger partial charge is 0.491 e. The van der Waals surface area contributed by atoms with E-state index < -0.39 is 6.10 Å². The van der Waals surface area contributed by atoms with Gasteiger partial charge in [0.15, 0.2) is 0 Å². The number of aliphatic hydroxyl groups excluding tert-OH is 1. The lowest BCUT2D eigenvalue weighted by Crippen LogP contribution is -2.48. The van der Waals surface area contributed by atoms with Crippen LogP contribution in [0.4, 0.5) is 0 Å². The first-order valence-electron chi connectivity index (χ1n) is 6.91. The van der Waals surface area contributed by atoms with Crippen molar-refractivity contribution in [2.24, 2.45) is 0 Å². The van der Waals surface area contributed by atoms with Crippen LogP contribution in [0.5, 0.6) is 5.75 Å². The molecule has 0 aromatic heterocycles. The summed E-state index contributed by atoms with van der Waals surface area (Å²) in [5.74, 6) is 0.731. The minimum atomic E-state index is -0.521. The Morgan fingerprint density at radius 1 is 1.45 bits per heavy atom. The Morgan fingerprint density at radius 2 is 2.20 bits per heavy atom. The van der Waals surface area contributed by atoms with Crippen LogP contribution in [0.1, 0.15) is 18.4 Å². The Kier molecular flexibility index (Phi) is 5.66. The average Bonchev–Trinajstić information content (AvgIpc) is 2.38. The highest BCUT2D eigenvalue weighted by molar-refractivity contribution is 6.31. The maximum atomic E-state index is 9.88. The third kappa shape index (κ3) is 4.35. The van der Waals surface area contributed by atoms with Crippen molar-refractivity contribution in [2.45, 2.75) is 38.0 Å². The predicted octanol–water partition coefficient (Wildman–Crippen LogP) is 2.16. The molecule has 4 nitrogen and oxygen atoms in total. The van der Waals surface area contributed by atoms with Crippen LogP contribution >= 0.6 is 11.6 Å². The van der Waals surface area contributed by atoms with E-state index >= 15 is 0 Å². The zero-order valence-corrected chi connectivity index (χ0v) is 12.7. The van der Waals surface area contributed by atoms with Crippen molar-refractivity contribution in [1.82, 2.24) is 5.32 Å². The van der Waals surface area contributed by atoms with Crippen molar-refractivity contribution in [3.8, 4) is 5.75 Å². The summed E-state index contributed by atoms with van der Waals surface area (Å²) in [5.41, 5.74) is 0.969. The van der Waals surface area contributed by atoms with Gasteiger partial charge in [-0.05, 0) is 43.5 Å². The summed E-state index contributed by atoms with van der Waals surface area (Å²) in [6.07, 6.45) is 1.88. The van der Waals surface area contributed by atoms with Gasteiger partial charge in [-0.25, -0.2) is 0 Å². The second-order valence-corrected chi connectivity index (χ2v) is 5.72.